The molecule has 2 aromatic rings. The maximum Gasteiger partial charge on any atom is 0.314 e. The minimum atomic E-state index is -4.02. The lowest BCUT2D eigenvalue weighted by molar-refractivity contribution is -0.145. The van der Waals surface area contributed by atoms with E-state index in [0.29, 0.717) is 0 Å². The van der Waals surface area contributed by atoms with Crippen LogP contribution in [0.1, 0.15) is 17.0 Å². The van der Waals surface area contributed by atoms with Crippen molar-refractivity contribution < 1.29 is 27.8 Å². The lowest BCUT2D eigenvalue weighted by Gasteiger charge is -2.09. The van der Waals surface area contributed by atoms with E-state index in [-0.39, 0.29) is 10.5 Å². The SMILES string of the molecule is Cc1ccc(S(=O)(=O)[C@H]2[C@H](c3cccc(F)c3)[C@@]2(CO)C(=O)O)cc1. The second kappa shape index (κ2) is 5.93. The van der Waals surface area contributed by atoms with E-state index in [1.54, 1.807) is 19.1 Å². The molecule has 0 aliphatic heterocycles. The average molecular weight is 364 g/mol. The molecule has 7 heteroatoms. The highest BCUT2D eigenvalue weighted by Gasteiger charge is 2.75. The predicted octanol–water partition coefficient (Wildman–Crippen LogP) is 2.14. The first-order valence-corrected chi connectivity index (χ1v) is 9.20. The fraction of sp³-hybridized carbons (Fsp3) is 0.278. The second-order valence-corrected chi connectivity index (χ2v) is 8.38. The third-order valence-electron chi connectivity index (χ3n) is 4.81. The van der Waals surface area contributed by atoms with Gasteiger partial charge in [0.15, 0.2) is 9.84 Å². The quantitative estimate of drug-likeness (QED) is 0.848. The van der Waals surface area contributed by atoms with Crippen LogP contribution in [0.15, 0.2) is 53.4 Å². The molecule has 0 saturated heterocycles. The normalized spacial score (nSPS) is 25.6. The van der Waals surface area contributed by atoms with Gasteiger partial charge < -0.3 is 10.2 Å². The molecule has 0 amide bonds. The summed E-state index contributed by atoms with van der Waals surface area (Å²) in [7, 11) is -4.02. The molecular formula is C18H17FO5S. The van der Waals surface area contributed by atoms with E-state index in [1.807, 2.05) is 0 Å². The summed E-state index contributed by atoms with van der Waals surface area (Å²) in [4.78, 5) is 11.8. The molecule has 0 radical (unpaired) electrons. The standard InChI is InChI=1S/C18H17FO5S/c1-11-5-7-14(8-6-11)25(23,24)16-15(18(16,10-20)17(21)22)12-3-2-4-13(19)9-12/h2-9,15-16,20H,10H2,1H3,(H,21,22)/t15-,16-,18+/m0/s1. The summed E-state index contributed by atoms with van der Waals surface area (Å²) in [5, 5.41) is 18.0. The van der Waals surface area contributed by atoms with Gasteiger partial charge in [0.05, 0.1) is 16.8 Å². The topological polar surface area (TPSA) is 91.7 Å². The number of halogens is 1. The van der Waals surface area contributed by atoms with Crippen molar-refractivity contribution >= 4 is 15.8 Å². The smallest absolute Gasteiger partial charge is 0.314 e. The van der Waals surface area contributed by atoms with Crippen LogP contribution < -0.4 is 0 Å². The Balaban J connectivity index is 2.12. The first kappa shape index (κ1) is 17.6. The fourth-order valence-electron chi connectivity index (χ4n) is 3.42. The van der Waals surface area contributed by atoms with E-state index in [2.05, 4.69) is 0 Å². The number of aliphatic hydroxyl groups is 1. The lowest BCUT2D eigenvalue weighted by atomic mass is 10.00. The molecule has 0 heterocycles. The zero-order valence-corrected chi connectivity index (χ0v) is 14.2. The minimum Gasteiger partial charge on any atom is -0.481 e. The molecule has 1 fully saturated rings. The Hall–Kier alpha value is -2.25. The Morgan fingerprint density at radius 2 is 1.84 bits per heavy atom. The minimum absolute atomic E-state index is 0.0129. The van der Waals surface area contributed by atoms with Gasteiger partial charge in [0.25, 0.3) is 0 Å². The average Bonchev–Trinajstić information content (AvgIpc) is 3.27. The van der Waals surface area contributed by atoms with Crippen molar-refractivity contribution in [2.45, 2.75) is 23.0 Å². The number of benzene rings is 2. The number of aliphatic hydroxyl groups excluding tert-OH is 1. The van der Waals surface area contributed by atoms with Gasteiger partial charge in [-0.3, -0.25) is 4.79 Å². The van der Waals surface area contributed by atoms with Gasteiger partial charge in [-0.05, 0) is 36.8 Å². The summed E-state index contributed by atoms with van der Waals surface area (Å²) in [6.07, 6.45) is 0. The van der Waals surface area contributed by atoms with Crippen molar-refractivity contribution in [3.05, 3.63) is 65.5 Å². The Morgan fingerprint density at radius 3 is 2.36 bits per heavy atom. The van der Waals surface area contributed by atoms with Gasteiger partial charge >= 0.3 is 5.97 Å². The Morgan fingerprint density at radius 1 is 1.20 bits per heavy atom. The Bertz CT molecular complexity index is 923. The fourth-order valence-corrected chi connectivity index (χ4v) is 5.78. The number of hydrogen-bond acceptors (Lipinski definition) is 4. The van der Waals surface area contributed by atoms with Gasteiger partial charge in [0.1, 0.15) is 11.2 Å². The first-order chi connectivity index (χ1) is 11.7. The summed E-state index contributed by atoms with van der Waals surface area (Å²) in [6.45, 7) is 0.956. The van der Waals surface area contributed by atoms with E-state index < -0.39 is 44.8 Å². The Kier molecular flexibility index (Phi) is 4.17. The lowest BCUT2D eigenvalue weighted by Crippen LogP contribution is -2.27. The summed E-state index contributed by atoms with van der Waals surface area (Å²) in [6, 6.07) is 11.2. The van der Waals surface area contributed by atoms with E-state index in [0.717, 1.165) is 11.6 Å². The van der Waals surface area contributed by atoms with Crippen molar-refractivity contribution in [1.29, 1.82) is 0 Å². The maximum atomic E-state index is 13.5. The van der Waals surface area contributed by atoms with Crippen LogP contribution in [0.5, 0.6) is 0 Å². The molecule has 1 aliphatic rings. The molecule has 3 rings (SSSR count). The molecule has 0 aromatic heterocycles. The summed E-state index contributed by atoms with van der Waals surface area (Å²) >= 11 is 0. The molecule has 0 bridgehead atoms. The van der Waals surface area contributed by atoms with Gasteiger partial charge in [-0.15, -0.1) is 0 Å². The number of hydrogen-bond donors (Lipinski definition) is 2. The Labute approximate surface area is 144 Å². The largest absolute Gasteiger partial charge is 0.481 e. The van der Waals surface area contributed by atoms with Gasteiger partial charge in [0, 0.05) is 5.92 Å². The molecule has 2 aromatic carbocycles. The molecule has 5 nitrogen and oxygen atoms in total. The van der Waals surface area contributed by atoms with E-state index >= 15 is 0 Å². The predicted molar refractivity (Wildman–Crippen MR) is 88.4 cm³/mol. The molecule has 3 atom stereocenters. The van der Waals surface area contributed by atoms with Crippen LogP contribution >= 0.6 is 0 Å². The summed E-state index contributed by atoms with van der Waals surface area (Å²) in [5.74, 6) is -3.02. The van der Waals surface area contributed by atoms with Crippen molar-refractivity contribution in [3.63, 3.8) is 0 Å². The molecule has 1 aliphatic carbocycles. The number of aryl methyl sites for hydroxylation is 1. The van der Waals surface area contributed by atoms with E-state index in [4.69, 9.17) is 0 Å². The van der Waals surface area contributed by atoms with Crippen molar-refractivity contribution in [2.24, 2.45) is 5.41 Å². The molecular weight excluding hydrogens is 347 g/mol. The third kappa shape index (κ3) is 2.63. The van der Waals surface area contributed by atoms with Crippen LogP contribution in [0.2, 0.25) is 0 Å². The third-order valence-corrected chi connectivity index (χ3v) is 7.10. The van der Waals surface area contributed by atoms with E-state index in [1.165, 1.54) is 30.3 Å². The number of carboxylic acid groups (broad SMARTS) is 1. The zero-order chi connectivity index (χ0) is 18.4. The summed E-state index contributed by atoms with van der Waals surface area (Å²) < 4.78 is 39.5. The van der Waals surface area contributed by atoms with Gasteiger partial charge in [-0.2, -0.15) is 0 Å². The molecule has 2 N–H and O–H groups in total. The number of sulfone groups is 1. The van der Waals surface area contributed by atoms with Crippen LogP contribution in [-0.4, -0.2) is 36.5 Å². The van der Waals surface area contributed by atoms with Crippen molar-refractivity contribution in [1.82, 2.24) is 0 Å². The molecule has 0 unspecified atom stereocenters. The van der Waals surface area contributed by atoms with Gasteiger partial charge in [-0.1, -0.05) is 29.8 Å². The van der Waals surface area contributed by atoms with Crippen LogP contribution in [0.3, 0.4) is 0 Å². The zero-order valence-electron chi connectivity index (χ0n) is 13.4. The monoisotopic (exact) mass is 364 g/mol. The second-order valence-electron chi connectivity index (χ2n) is 6.31. The van der Waals surface area contributed by atoms with Crippen LogP contribution in [0.25, 0.3) is 0 Å². The highest BCUT2D eigenvalue weighted by molar-refractivity contribution is 7.92. The van der Waals surface area contributed by atoms with Crippen LogP contribution in [0.4, 0.5) is 4.39 Å². The number of aliphatic carboxylic acids is 1. The van der Waals surface area contributed by atoms with Gasteiger partial charge in [0.2, 0.25) is 0 Å². The maximum absolute atomic E-state index is 13.5. The molecule has 25 heavy (non-hydrogen) atoms. The van der Waals surface area contributed by atoms with Gasteiger partial charge in [-0.25, -0.2) is 12.8 Å². The highest BCUT2D eigenvalue weighted by Crippen LogP contribution is 2.64. The number of carboxylic acids is 1. The molecule has 0 spiro atoms. The first-order valence-electron chi connectivity index (χ1n) is 7.65. The molecule has 132 valence electrons. The van der Waals surface area contributed by atoms with Crippen LogP contribution in [0, 0.1) is 18.2 Å². The molecule has 1 saturated carbocycles. The summed E-state index contributed by atoms with van der Waals surface area (Å²) in [5.41, 5.74) is -0.766. The highest BCUT2D eigenvalue weighted by atomic mass is 32.2. The number of rotatable bonds is 5. The van der Waals surface area contributed by atoms with Crippen molar-refractivity contribution in [3.8, 4) is 0 Å². The van der Waals surface area contributed by atoms with Crippen molar-refractivity contribution in [2.75, 3.05) is 6.61 Å². The van der Waals surface area contributed by atoms with Crippen LogP contribution in [-0.2, 0) is 14.6 Å². The van der Waals surface area contributed by atoms with E-state index in [9.17, 15) is 27.8 Å². The number of carbonyl (C=O) groups is 1.